The number of hydrogen-bond acceptors (Lipinski definition) is 1. The SMILES string of the molecule is Cc1c(Br)cccc1-c1ccc(OC(C)C)cc1. The molecule has 0 saturated heterocycles. The first-order chi connectivity index (χ1) is 8.58. The fourth-order valence-electron chi connectivity index (χ4n) is 1.91. The number of rotatable bonds is 3. The van der Waals surface area contributed by atoms with Crippen LogP contribution in [0.4, 0.5) is 0 Å². The molecule has 0 bridgehead atoms. The van der Waals surface area contributed by atoms with Crippen molar-refractivity contribution in [3.05, 3.63) is 52.5 Å². The molecule has 0 aliphatic rings. The number of halogens is 1. The molecule has 1 nitrogen and oxygen atoms in total. The van der Waals surface area contributed by atoms with E-state index in [1.54, 1.807) is 0 Å². The van der Waals surface area contributed by atoms with E-state index in [1.165, 1.54) is 16.7 Å². The summed E-state index contributed by atoms with van der Waals surface area (Å²) in [5.74, 6) is 0.918. The van der Waals surface area contributed by atoms with Gasteiger partial charge >= 0.3 is 0 Å². The predicted molar refractivity (Wildman–Crippen MR) is 80.1 cm³/mol. The van der Waals surface area contributed by atoms with E-state index in [2.05, 4.69) is 53.2 Å². The highest BCUT2D eigenvalue weighted by atomic mass is 79.9. The predicted octanol–water partition coefficient (Wildman–Crippen LogP) is 5.21. The molecule has 0 N–H and O–H groups in total. The summed E-state index contributed by atoms with van der Waals surface area (Å²) >= 11 is 3.57. The summed E-state index contributed by atoms with van der Waals surface area (Å²) in [5.41, 5.74) is 3.72. The molecular formula is C16H17BrO. The fraction of sp³-hybridized carbons (Fsp3) is 0.250. The largest absolute Gasteiger partial charge is 0.491 e. The summed E-state index contributed by atoms with van der Waals surface area (Å²) < 4.78 is 6.79. The maximum atomic E-state index is 5.65. The second kappa shape index (κ2) is 5.57. The molecule has 0 aliphatic carbocycles. The lowest BCUT2D eigenvalue weighted by molar-refractivity contribution is 0.242. The van der Waals surface area contributed by atoms with Gasteiger partial charge in [0.25, 0.3) is 0 Å². The third-order valence-electron chi connectivity index (χ3n) is 2.80. The first kappa shape index (κ1) is 13.2. The third kappa shape index (κ3) is 2.94. The molecule has 0 aromatic heterocycles. The Morgan fingerprint density at radius 1 is 1.00 bits per heavy atom. The van der Waals surface area contributed by atoms with Crippen molar-refractivity contribution in [2.24, 2.45) is 0 Å². The van der Waals surface area contributed by atoms with Crippen LogP contribution in [0.3, 0.4) is 0 Å². The minimum atomic E-state index is 0.212. The van der Waals surface area contributed by atoms with E-state index in [0.29, 0.717) is 0 Å². The zero-order chi connectivity index (χ0) is 13.1. The van der Waals surface area contributed by atoms with E-state index in [4.69, 9.17) is 4.74 Å². The van der Waals surface area contributed by atoms with Gasteiger partial charge in [-0.15, -0.1) is 0 Å². The molecule has 0 amide bonds. The standard InChI is InChI=1S/C16H17BrO/c1-11(2)18-14-9-7-13(8-10-14)15-5-4-6-16(17)12(15)3/h4-11H,1-3H3. The molecule has 18 heavy (non-hydrogen) atoms. The fourth-order valence-corrected chi connectivity index (χ4v) is 2.27. The van der Waals surface area contributed by atoms with E-state index in [1.807, 2.05) is 26.0 Å². The summed E-state index contributed by atoms with van der Waals surface area (Å²) in [7, 11) is 0. The lowest BCUT2D eigenvalue weighted by atomic mass is 10.0. The van der Waals surface area contributed by atoms with Gasteiger partial charge in [-0.3, -0.25) is 0 Å². The maximum absolute atomic E-state index is 5.65. The summed E-state index contributed by atoms with van der Waals surface area (Å²) in [6.07, 6.45) is 0.212. The molecule has 2 aromatic carbocycles. The Bertz CT molecular complexity index is 529. The van der Waals surface area contributed by atoms with Crippen LogP contribution in [0.1, 0.15) is 19.4 Å². The van der Waals surface area contributed by atoms with Gasteiger partial charge in [0, 0.05) is 4.47 Å². The van der Waals surface area contributed by atoms with Gasteiger partial charge in [-0.1, -0.05) is 40.2 Å². The molecular weight excluding hydrogens is 288 g/mol. The molecule has 94 valence electrons. The lowest BCUT2D eigenvalue weighted by Gasteiger charge is -2.11. The van der Waals surface area contributed by atoms with Crippen LogP contribution in [0.15, 0.2) is 46.9 Å². The molecule has 0 aliphatic heterocycles. The minimum Gasteiger partial charge on any atom is -0.491 e. The van der Waals surface area contributed by atoms with Crippen molar-refractivity contribution in [1.82, 2.24) is 0 Å². The summed E-state index contributed by atoms with van der Waals surface area (Å²) in [6.45, 7) is 6.19. The monoisotopic (exact) mass is 304 g/mol. The quantitative estimate of drug-likeness (QED) is 0.756. The Morgan fingerprint density at radius 3 is 2.28 bits per heavy atom. The van der Waals surface area contributed by atoms with Crippen molar-refractivity contribution in [2.45, 2.75) is 26.9 Å². The highest BCUT2D eigenvalue weighted by Crippen LogP contribution is 2.29. The number of ether oxygens (including phenoxy) is 1. The van der Waals surface area contributed by atoms with Crippen LogP contribution in [0.5, 0.6) is 5.75 Å². The smallest absolute Gasteiger partial charge is 0.119 e. The molecule has 0 unspecified atom stereocenters. The molecule has 2 aromatic rings. The summed E-state index contributed by atoms with van der Waals surface area (Å²) in [6, 6.07) is 14.5. The Hall–Kier alpha value is -1.28. The Balaban J connectivity index is 2.32. The normalized spacial score (nSPS) is 10.7. The van der Waals surface area contributed by atoms with Crippen molar-refractivity contribution in [3.8, 4) is 16.9 Å². The minimum absolute atomic E-state index is 0.212. The molecule has 0 atom stereocenters. The molecule has 0 saturated carbocycles. The summed E-state index contributed by atoms with van der Waals surface area (Å²) in [5, 5.41) is 0. The molecule has 2 heteroatoms. The van der Waals surface area contributed by atoms with Gasteiger partial charge in [-0.2, -0.15) is 0 Å². The van der Waals surface area contributed by atoms with Crippen LogP contribution in [0, 0.1) is 6.92 Å². The van der Waals surface area contributed by atoms with Gasteiger partial charge < -0.3 is 4.74 Å². The van der Waals surface area contributed by atoms with Crippen LogP contribution in [0.2, 0.25) is 0 Å². The van der Waals surface area contributed by atoms with Crippen LogP contribution in [-0.4, -0.2) is 6.10 Å². The third-order valence-corrected chi connectivity index (χ3v) is 3.66. The molecule has 0 fully saturated rings. The van der Waals surface area contributed by atoms with Gasteiger partial charge in [-0.25, -0.2) is 0 Å². The van der Waals surface area contributed by atoms with E-state index >= 15 is 0 Å². The van der Waals surface area contributed by atoms with Gasteiger partial charge in [0.05, 0.1) is 6.10 Å². The topological polar surface area (TPSA) is 9.23 Å². The van der Waals surface area contributed by atoms with E-state index in [9.17, 15) is 0 Å². The van der Waals surface area contributed by atoms with Gasteiger partial charge in [0.2, 0.25) is 0 Å². The molecule has 2 rings (SSSR count). The van der Waals surface area contributed by atoms with Crippen molar-refractivity contribution in [2.75, 3.05) is 0 Å². The Morgan fingerprint density at radius 2 is 1.67 bits per heavy atom. The van der Waals surface area contributed by atoms with E-state index < -0.39 is 0 Å². The lowest BCUT2D eigenvalue weighted by Crippen LogP contribution is -2.05. The van der Waals surface area contributed by atoms with Crippen molar-refractivity contribution >= 4 is 15.9 Å². The first-order valence-corrected chi connectivity index (χ1v) is 6.89. The molecule has 0 radical (unpaired) electrons. The molecule has 0 heterocycles. The van der Waals surface area contributed by atoms with E-state index in [0.717, 1.165) is 10.2 Å². The number of hydrogen-bond donors (Lipinski definition) is 0. The van der Waals surface area contributed by atoms with Crippen LogP contribution in [0.25, 0.3) is 11.1 Å². The average molecular weight is 305 g/mol. The van der Waals surface area contributed by atoms with Gasteiger partial charge in [-0.05, 0) is 55.7 Å². The van der Waals surface area contributed by atoms with Crippen molar-refractivity contribution < 1.29 is 4.74 Å². The van der Waals surface area contributed by atoms with Crippen LogP contribution < -0.4 is 4.74 Å². The second-order valence-corrected chi connectivity index (χ2v) is 5.46. The Labute approximate surface area is 117 Å². The number of benzene rings is 2. The zero-order valence-electron chi connectivity index (χ0n) is 10.9. The van der Waals surface area contributed by atoms with Crippen LogP contribution in [-0.2, 0) is 0 Å². The molecule has 0 spiro atoms. The van der Waals surface area contributed by atoms with Gasteiger partial charge in [0.1, 0.15) is 5.75 Å². The maximum Gasteiger partial charge on any atom is 0.119 e. The Kier molecular flexibility index (Phi) is 4.07. The van der Waals surface area contributed by atoms with Gasteiger partial charge in [0.15, 0.2) is 0 Å². The van der Waals surface area contributed by atoms with E-state index in [-0.39, 0.29) is 6.10 Å². The van der Waals surface area contributed by atoms with Crippen molar-refractivity contribution in [3.63, 3.8) is 0 Å². The highest BCUT2D eigenvalue weighted by molar-refractivity contribution is 9.10. The van der Waals surface area contributed by atoms with Crippen LogP contribution >= 0.6 is 15.9 Å². The zero-order valence-corrected chi connectivity index (χ0v) is 12.5. The average Bonchev–Trinajstić information content (AvgIpc) is 2.33. The summed E-state index contributed by atoms with van der Waals surface area (Å²) in [4.78, 5) is 0. The first-order valence-electron chi connectivity index (χ1n) is 6.10. The van der Waals surface area contributed by atoms with Crippen molar-refractivity contribution in [1.29, 1.82) is 0 Å². The second-order valence-electron chi connectivity index (χ2n) is 4.60. The highest BCUT2D eigenvalue weighted by Gasteiger charge is 2.05.